The van der Waals surface area contributed by atoms with E-state index in [1.807, 2.05) is 37.3 Å². The number of amides is 1. The molecule has 1 aliphatic rings. The summed E-state index contributed by atoms with van der Waals surface area (Å²) < 4.78 is 16.6. The number of hydrogen-bond donors (Lipinski definition) is 1. The van der Waals surface area contributed by atoms with E-state index in [-0.39, 0.29) is 5.91 Å². The minimum atomic E-state index is -0.510. The summed E-state index contributed by atoms with van der Waals surface area (Å²) in [4.78, 5) is 12.4. The van der Waals surface area contributed by atoms with Crippen molar-refractivity contribution in [1.29, 1.82) is 0 Å². The van der Waals surface area contributed by atoms with Crippen molar-refractivity contribution < 1.29 is 19.0 Å². The fourth-order valence-corrected chi connectivity index (χ4v) is 3.78. The lowest BCUT2D eigenvalue weighted by Crippen LogP contribution is -2.37. The predicted octanol–water partition coefficient (Wildman–Crippen LogP) is 4.10. The van der Waals surface area contributed by atoms with E-state index in [9.17, 15) is 4.79 Å². The van der Waals surface area contributed by atoms with Crippen molar-refractivity contribution in [1.82, 2.24) is 5.32 Å². The lowest BCUT2D eigenvalue weighted by molar-refractivity contribution is -0.127. The summed E-state index contributed by atoms with van der Waals surface area (Å²) in [5.41, 5.74) is 3.78. The summed E-state index contributed by atoms with van der Waals surface area (Å²) in [5.74, 6) is 2.22. The Bertz CT molecular complexity index is 834. The predicted molar refractivity (Wildman–Crippen MR) is 114 cm³/mol. The first-order valence-corrected chi connectivity index (χ1v) is 10.4. The lowest BCUT2D eigenvalue weighted by Gasteiger charge is -2.22. The Morgan fingerprint density at radius 1 is 1.03 bits per heavy atom. The van der Waals surface area contributed by atoms with Crippen LogP contribution >= 0.6 is 0 Å². The maximum atomic E-state index is 12.4. The average molecular weight is 398 g/mol. The molecule has 2 aromatic rings. The lowest BCUT2D eigenvalue weighted by atomic mass is 9.91. The van der Waals surface area contributed by atoms with Crippen LogP contribution in [0, 0.1) is 0 Å². The Labute approximate surface area is 173 Å². The van der Waals surface area contributed by atoms with Gasteiger partial charge < -0.3 is 19.5 Å². The second kappa shape index (κ2) is 10.2. The molecular weight excluding hydrogens is 366 g/mol. The molecule has 1 amide bonds. The van der Waals surface area contributed by atoms with E-state index in [1.165, 1.54) is 24.0 Å². The number of rotatable bonds is 9. The molecule has 0 fully saturated rings. The van der Waals surface area contributed by atoms with Crippen LogP contribution in [-0.2, 0) is 24.1 Å². The Kier molecular flexibility index (Phi) is 7.39. The molecule has 1 N–H and O–H groups in total. The highest BCUT2D eigenvalue weighted by Crippen LogP contribution is 2.30. The van der Waals surface area contributed by atoms with Crippen molar-refractivity contribution in [2.75, 3.05) is 20.8 Å². The molecule has 3 rings (SSSR count). The van der Waals surface area contributed by atoms with Crippen LogP contribution in [0.2, 0.25) is 0 Å². The summed E-state index contributed by atoms with van der Waals surface area (Å²) in [6.45, 7) is 2.42. The first kappa shape index (κ1) is 21.0. The van der Waals surface area contributed by atoms with E-state index in [2.05, 4.69) is 11.4 Å². The summed E-state index contributed by atoms with van der Waals surface area (Å²) >= 11 is 0. The van der Waals surface area contributed by atoms with Crippen molar-refractivity contribution in [3.8, 4) is 17.2 Å². The maximum absolute atomic E-state index is 12.4. The third-order valence-corrected chi connectivity index (χ3v) is 5.42. The fraction of sp³-hybridized carbons (Fsp3) is 0.458. The van der Waals surface area contributed by atoms with Gasteiger partial charge >= 0.3 is 0 Å². The molecule has 1 atom stereocenters. The number of nitrogens with one attached hydrogen (secondary N) is 1. The highest BCUT2D eigenvalue weighted by molar-refractivity contribution is 5.80. The van der Waals surface area contributed by atoms with Crippen LogP contribution in [0.25, 0.3) is 0 Å². The molecule has 0 aliphatic heterocycles. The Morgan fingerprint density at radius 2 is 1.83 bits per heavy atom. The van der Waals surface area contributed by atoms with Crippen LogP contribution < -0.4 is 19.5 Å². The van der Waals surface area contributed by atoms with Crippen molar-refractivity contribution in [3.63, 3.8) is 0 Å². The minimum Gasteiger partial charge on any atom is -0.493 e. The number of ether oxygens (including phenoxy) is 3. The average Bonchev–Trinajstić information content (AvgIpc) is 2.76. The molecule has 5 heteroatoms. The number of hydrogen-bond acceptors (Lipinski definition) is 4. The molecule has 0 radical (unpaired) electrons. The molecule has 0 bridgehead atoms. The second-order valence-corrected chi connectivity index (χ2v) is 7.44. The SMILES string of the molecule is COc1ccc(CCCNC(=O)C(C)Oc2cccc3c2CCCC3)cc1OC. The van der Waals surface area contributed by atoms with E-state index in [0.29, 0.717) is 6.54 Å². The summed E-state index contributed by atoms with van der Waals surface area (Å²) in [6, 6.07) is 12.1. The normalized spacial score (nSPS) is 13.9. The highest BCUT2D eigenvalue weighted by atomic mass is 16.5. The van der Waals surface area contributed by atoms with Gasteiger partial charge in [0, 0.05) is 6.54 Å². The van der Waals surface area contributed by atoms with Gasteiger partial charge in [-0.2, -0.15) is 0 Å². The van der Waals surface area contributed by atoms with E-state index in [4.69, 9.17) is 14.2 Å². The summed E-state index contributed by atoms with van der Waals surface area (Å²) in [5, 5.41) is 2.98. The highest BCUT2D eigenvalue weighted by Gasteiger charge is 2.19. The maximum Gasteiger partial charge on any atom is 0.260 e. The Hall–Kier alpha value is -2.69. The molecule has 2 aromatic carbocycles. The van der Waals surface area contributed by atoms with E-state index >= 15 is 0 Å². The molecule has 156 valence electrons. The zero-order valence-corrected chi connectivity index (χ0v) is 17.6. The number of methoxy groups -OCH3 is 2. The Morgan fingerprint density at radius 3 is 2.62 bits per heavy atom. The molecular formula is C24H31NO4. The van der Waals surface area contributed by atoms with Gasteiger partial charge in [-0.15, -0.1) is 0 Å². The number of carbonyl (C=O) groups is 1. The monoisotopic (exact) mass is 397 g/mol. The molecule has 5 nitrogen and oxygen atoms in total. The van der Waals surface area contributed by atoms with Gasteiger partial charge in [0.05, 0.1) is 14.2 Å². The van der Waals surface area contributed by atoms with Crippen LogP contribution in [0.1, 0.15) is 42.9 Å². The second-order valence-electron chi connectivity index (χ2n) is 7.44. The summed E-state index contributed by atoms with van der Waals surface area (Å²) in [7, 11) is 3.26. The fourth-order valence-electron chi connectivity index (χ4n) is 3.78. The number of carbonyl (C=O) groups excluding carboxylic acids is 1. The molecule has 0 heterocycles. The molecule has 1 aliphatic carbocycles. The van der Waals surface area contributed by atoms with E-state index < -0.39 is 6.10 Å². The van der Waals surface area contributed by atoms with Crippen LogP contribution in [0.15, 0.2) is 36.4 Å². The van der Waals surface area contributed by atoms with Gasteiger partial charge in [0.25, 0.3) is 5.91 Å². The number of benzene rings is 2. The minimum absolute atomic E-state index is 0.0780. The van der Waals surface area contributed by atoms with E-state index in [0.717, 1.165) is 48.5 Å². The van der Waals surface area contributed by atoms with Crippen molar-refractivity contribution in [3.05, 3.63) is 53.1 Å². The van der Waals surface area contributed by atoms with Gasteiger partial charge in [0.2, 0.25) is 0 Å². The molecule has 0 saturated heterocycles. The van der Waals surface area contributed by atoms with Crippen molar-refractivity contribution >= 4 is 5.91 Å². The van der Waals surface area contributed by atoms with E-state index in [1.54, 1.807) is 14.2 Å². The third kappa shape index (κ3) is 5.43. The Balaban J connectivity index is 1.46. The quantitative estimate of drug-likeness (QED) is 0.647. The van der Waals surface area contributed by atoms with Gasteiger partial charge in [-0.3, -0.25) is 4.79 Å². The van der Waals surface area contributed by atoms with Crippen LogP contribution in [-0.4, -0.2) is 32.8 Å². The van der Waals surface area contributed by atoms with Gasteiger partial charge in [0.15, 0.2) is 17.6 Å². The molecule has 1 unspecified atom stereocenters. The van der Waals surface area contributed by atoms with Crippen molar-refractivity contribution in [2.45, 2.75) is 51.6 Å². The molecule has 0 aromatic heterocycles. The van der Waals surface area contributed by atoms with Gasteiger partial charge in [-0.05, 0) is 80.3 Å². The zero-order chi connectivity index (χ0) is 20.6. The number of fused-ring (bicyclic) bond motifs is 1. The smallest absolute Gasteiger partial charge is 0.260 e. The first-order valence-electron chi connectivity index (χ1n) is 10.4. The van der Waals surface area contributed by atoms with Crippen LogP contribution in [0.5, 0.6) is 17.2 Å². The van der Waals surface area contributed by atoms with Gasteiger partial charge in [-0.25, -0.2) is 0 Å². The van der Waals surface area contributed by atoms with Gasteiger partial charge in [0.1, 0.15) is 5.75 Å². The van der Waals surface area contributed by atoms with Crippen LogP contribution in [0.4, 0.5) is 0 Å². The van der Waals surface area contributed by atoms with Crippen LogP contribution in [0.3, 0.4) is 0 Å². The third-order valence-electron chi connectivity index (χ3n) is 5.42. The molecule has 0 spiro atoms. The van der Waals surface area contributed by atoms with Crippen molar-refractivity contribution in [2.24, 2.45) is 0 Å². The first-order chi connectivity index (χ1) is 14.1. The largest absolute Gasteiger partial charge is 0.493 e. The molecule has 0 saturated carbocycles. The standard InChI is InChI=1S/C24H31NO4/c1-17(29-21-12-6-10-19-9-4-5-11-20(19)21)24(26)25-15-7-8-18-13-14-22(27-2)23(16-18)28-3/h6,10,12-14,16-17H,4-5,7-9,11,15H2,1-3H3,(H,25,26). The molecule has 29 heavy (non-hydrogen) atoms. The summed E-state index contributed by atoms with van der Waals surface area (Å²) in [6.07, 6.45) is 5.73. The topological polar surface area (TPSA) is 56.8 Å². The number of aryl methyl sites for hydroxylation is 2. The van der Waals surface area contributed by atoms with Gasteiger partial charge in [-0.1, -0.05) is 18.2 Å². The zero-order valence-electron chi connectivity index (χ0n) is 17.6.